The van der Waals surface area contributed by atoms with E-state index < -0.39 is 35.0 Å². The summed E-state index contributed by atoms with van der Waals surface area (Å²) in [5.74, 6) is -2.89. The average molecular weight is 570 g/mol. The van der Waals surface area contributed by atoms with Crippen LogP contribution in [0.5, 0.6) is 0 Å². The normalized spacial score (nSPS) is 22.2. The summed E-state index contributed by atoms with van der Waals surface area (Å²) in [6.07, 6.45) is 6.50. The van der Waals surface area contributed by atoms with Crippen molar-refractivity contribution in [2.75, 3.05) is 26.9 Å². The first-order valence-electron chi connectivity index (χ1n) is 15.1. The molecule has 0 aromatic carbocycles. The number of nitrogens with one attached hydrogen (secondary N) is 1. The maximum atomic E-state index is 13.7. The highest BCUT2D eigenvalue weighted by Crippen LogP contribution is 2.44. The molecule has 0 spiro atoms. The van der Waals surface area contributed by atoms with E-state index in [-0.39, 0.29) is 36.9 Å². The van der Waals surface area contributed by atoms with Crippen LogP contribution in [0.4, 0.5) is 0 Å². The lowest BCUT2D eigenvalue weighted by atomic mass is 9.76. The maximum absolute atomic E-state index is 13.7. The summed E-state index contributed by atoms with van der Waals surface area (Å²) in [4.78, 5) is 51.2. The number of carbonyl (C=O) groups excluding carboxylic acids is 3. The summed E-state index contributed by atoms with van der Waals surface area (Å²) in [5.41, 5.74) is -1.35. The van der Waals surface area contributed by atoms with Crippen LogP contribution in [0.15, 0.2) is 0 Å². The molecule has 2 rings (SSSR count). The van der Waals surface area contributed by atoms with Gasteiger partial charge in [0.2, 0.25) is 12.2 Å². The van der Waals surface area contributed by atoms with Crippen LogP contribution in [0.3, 0.4) is 0 Å². The van der Waals surface area contributed by atoms with Gasteiger partial charge in [0.05, 0.1) is 42.5 Å². The molecule has 0 saturated heterocycles. The third-order valence-electron chi connectivity index (χ3n) is 9.19. The molecule has 2 aliphatic carbocycles. The first-order chi connectivity index (χ1) is 19.1. The smallest absolute Gasteiger partial charge is 0.315 e. The van der Waals surface area contributed by atoms with E-state index in [1.807, 2.05) is 20.8 Å². The average Bonchev–Trinajstić information content (AvgIpc) is 3.42. The fraction of sp³-hybridized carbons (Fsp3) is 0.867. The fourth-order valence-corrected chi connectivity index (χ4v) is 6.19. The first-order valence-corrected chi connectivity index (χ1v) is 15.1. The van der Waals surface area contributed by atoms with E-state index in [2.05, 4.69) is 5.32 Å². The second-order valence-corrected chi connectivity index (χ2v) is 11.6. The molecule has 10 heteroatoms. The van der Waals surface area contributed by atoms with Gasteiger partial charge in [-0.2, -0.15) is 0 Å². The second-order valence-electron chi connectivity index (χ2n) is 11.6. The Morgan fingerprint density at radius 3 is 2.08 bits per heavy atom. The Bertz CT molecular complexity index is 819. The van der Waals surface area contributed by atoms with E-state index in [0.717, 1.165) is 12.8 Å². The molecule has 2 atom stereocenters. The van der Waals surface area contributed by atoms with Gasteiger partial charge in [-0.3, -0.25) is 19.2 Å². The number of rotatable bonds is 17. The van der Waals surface area contributed by atoms with Crippen LogP contribution in [0, 0.1) is 22.7 Å². The number of carbonyl (C=O) groups is 4. The van der Waals surface area contributed by atoms with Gasteiger partial charge in [-0.05, 0) is 64.2 Å². The number of amides is 1. The zero-order valence-corrected chi connectivity index (χ0v) is 25.1. The molecule has 0 heterocycles. The molecule has 2 N–H and O–H groups in total. The number of hydrogen-bond acceptors (Lipinski definition) is 8. The van der Waals surface area contributed by atoms with Crippen molar-refractivity contribution in [2.45, 2.75) is 117 Å². The van der Waals surface area contributed by atoms with Crippen molar-refractivity contribution in [3.63, 3.8) is 0 Å². The minimum absolute atomic E-state index is 0.0599. The van der Waals surface area contributed by atoms with E-state index >= 15 is 0 Å². The summed E-state index contributed by atoms with van der Waals surface area (Å²) >= 11 is 0. The Kier molecular flexibility index (Phi) is 13.9. The van der Waals surface area contributed by atoms with Gasteiger partial charge < -0.3 is 29.4 Å². The summed E-state index contributed by atoms with van der Waals surface area (Å²) in [7, 11) is 1.57. The molecule has 0 aromatic rings. The molecule has 1 amide bonds. The van der Waals surface area contributed by atoms with Crippen LogP contribution >= 0.6 is 0 Å². The Labute approximate surface area is 239 Å². The topological polar surface area (TPSA) is 137 Å². The Morgan fingerprint density at radius 1 is 0.950 bits per heavy atom. The van der Waals surface area contributed by atoms with Crippen LogP contribution in [0.1, 0.15) is 105 Å². The number of carboxylic acids is 1. The number of methoxy groups -OCH3 is 1. The second kappa shape index (κ2) is 16.3. The molecule has 2 unspecified atom stereocenters. The third-order valence-corrected chi connectivity index (χ3v) is 9.19. The van der Waals surface area contributed by atoms with Gasteiger partial charge in [0.25, 0.3) is 0 Å². The van der Waals surface area contributed by atoms with Crippen molar-refractivity contribution in [1.29, 1.82) is 0 Å². The van der Waals surface area contributed by atoms with Crippen LogP contribution in [0.25, 0.3) is 0 Å². The summed E-state index contributed by atoms with van der Waals surface area (Å²) in [6.45, 7) is 8.10. The molecular formula is C30H51NO9. The highest BCUT2D eigenvalue weighted by Gasteiger charge is 2.46. The largest absolute Gasteiger partial charge is 0.481 e. The molecule has 10 nitrogen and oxygen atoms in total. The molecule has 2 aliphatic rings. The van der Waals surface area contributed by atoms with Crippen molar-refractivity contribution in [3.05, 3.63) is 0 Å². The summed E-state index contributed by atoms with van der Waals surface area (Å²) < 4.78 is 21.9. The first kappa shape index (κ1) is 34.0. The van der Waals surface area contributed by atoms with Gasteiger partial charge in [-0.25, -0.2) is 0 Å². The number of hydrogen-bond donors (Lipinski definition) is 2. The Balaban J connectivity index is 2.10. The number of ether oxygens (including phenoxy) is 4. The molecule has 0 radical (unpaired) electrons. The zero-order chi connectivity index (χ0) is 29.8. The fourth-order valence-electron chi connectivity index (χ4n) is 6.19. The van der Waals surface area contributed by atoms with E-state index in [0.29, 0.717) is 71.0 Å². The minimum atomic E-state index is -1.07. The third kappa shape index (κ3) is 9.16. The molecule has 0 aromatic heterocycles. The molecule has 230 valence electrons. The number of carboxylic acid groups (broad SMARTS) is 1. The highest BCUT2D eigenvalue weighted by atomic mass is 16.7. The van der Waals surface area contributed by atoms with Crippen molar-refractivity contribution in [3.8, 4) is 0 Å². The van der Waals surface area contributed by atoms with Gasteiger partial charge in [-0.1, -0.05) is 33.6 Å². The van der Waals surface area contributed by atoms with E-state index in [1.165, 1.54) is 6.92 Å². The monoisotopic (exact) mass is 569 g/mol. The number of aliphatic carboxylic acids is 1. The molecule has 0 bridgehead atoms. The summed E-state index contributed by atoms with van der Waals surface area (Å²) in [5, 5.41) is 12.5. The van der Waals surface area contributed by atoms with Crippen molar-refractivity contribution >= 4 is 23.8 Å². The van der Waals surface area contributed by atoms with Crippen LogP contribution < -0.4 is 5.32 Å². The molecular weight excluding hydrogens is 518 g/mol. The van der Waals surface area contributed by atoms with Gasteiger partial charge in [0.15, 0.2) is 0 Å². The van der Waals surface area contributed by atoms with Gasteiger partial charge in [-0.15, -0.1) is 0 Å². The van der Waals surface area contributed by atoms with Crippen molar-refractivity contribution in [1.82, 2.24) is 5.32 Å². The minimum Gasteiger partial charge on any atom is -0.481 e. The van der Waals surface area contributed by atoms with Crippen LogP contribution in [0.2, 0.25) is 0 Å². The van der Waals surface area contributed by atoms with Crippen LogP contribution in [-0.2, 0) is 38.1 Å². The Hall–Kier alpha value is -2.20. The zero-order valence-electron chi connectivity index (χ0n) is 25.1. The molecule has 40 heavy (non-hydrogen) atoms. The predicted octanol–water partition coefficient (Wildman–Crippen LogP) is 4.62. The van der Waals surface area contributed by atoms with E-state index in [1.54, 1.807) is 7.11 Å². The van der Waals surface area contributed by atoms with Crippen molar-refractivity contribution in [2.24, 2.45) is 22.7 Å². The van der Waals surface area contributed by atoms with E-state index in [4.69, 9.17) is 18.9 Å². The lowest BCUT2D eigenvalue weighted by Crippen LogP contribution is -2.47. The lowest BCUT2D eigenvalue weighted by molar-refractivity contribution is -0.196. The predicted molar refractivity (Wildman–Crippen MR) is 148 cm³/mol. The summed E-state index contributed by atoms with van der Waals surface area (Å²) in [6, 6.07) is -0.0701. The van der Waals surface area contributed by atoms with Gasteiger partial charge >= 0.3 is 17.9 Å². The molecule has 0 aliphatic heterocycles. The quantitative estimate of drug-likeness (QED) is 0.146. The molecule has 2 saturated carbocycles. The maximum Gasteiger partial charge on any atom is 0.315 e. The number of esters is 2. The highest BCUT2D eigenvalue weighted by molar-refractivity contribution is 5.84. The van der Waals surface area contributed by atoms with E-state index in [9.17, 15) is 24.3 Å². The van der Waals surface area contributed by atoms with Crippen molar-refractivity contribution < 1.29 is 43.2 Å². The lowest BCUT2D eigenvalue weighted by Gasteiger charge is -2.35. The standard InChI is InChI=1S/C30H51NO9/c1-6-29(7-2,8-3)28(36)40-21(4)39-26(34)23(20-38-18-17-37-5)19-30(15-9-10-16-30)27(35)31-24-13-11-22(12-14-24)25(32)33/h21-24H,6-20H2,1-5H3,(H,31,35)(H,32,33)/t21?,22-,23?,24+. The van der Waals surface area contributed by atoms with Gasteiger partial charge in [0, 0.05) is 20.1 Å². The molecule has 2 fully saturated rings. The van der Waals surface area contributed by atoms with Gasteiger partial charge in [0.1, 0.15) is 0 Å². The SMILES string of the molecule is CCC(CC)(CC)C(=O)OC(C)OC(=O)C(COCCOC)CC1(C(=O)N[C@H]2CC[C@@H](C(=O)O)CC2)CCCC1. The Morgan fingerprint density at radius 2 is 1.55 bits per heavy atom. The van der Waals surface area contributed by atoms with Crippen LogP contribution in [-0.4, -0.2) is 68.2 Å².